The van der Waals surface area contributed by atoms with Crippen molar-refractivity contribution in [2.45, 2.75) is 19.4 Å². The Morgan fingerprint density at radius 3 is 2.74 bits per heavy atom. The van der Waals surface area contributed by atoms with Crippen LogP contribution in [0.5, 0.6) is 0 Å². The molecule has 0 radical (unpaired) electrons. The molecule has 0 unspecified atom stereocenters. The number of ether oxygens (including phenoxy) is 1. The van der Waals surface area contributed by atoms with Crippen molar-refractivity contribution in [3.05, 3.63) is 34.2 Å². The number of hydrogen-bond donors (Lipinski definition) is 2. The van der Waals surface area contributed by atoms with Gasteiger partial charge < -0.3 is 14.8 Å². The first-order valence-electron chi connectivity index (χ1n) is 5.84. The van der Waals surface area contributed by atoms with Crippen LogP contribution in [0.15, 0.2) is 23.0 Å². The van der Waals surface area contributed by atoms with Gasteiger partial charge in [-0.25, -0.2) is 9.59 Å². The smallest absolute Gasteiger partial charge is 0.335 e. The zero-order chi connectivity index (χ0) is 14.2. The minimum Gasteiger partial charge on any atom is -0.478 e. The lowest BCUT2D eigenvalue weighted by molar-refractivity contribution is 0.0697. The lowest BCUT2D eigenvalue weighted by atomic mass is 10.1. The van der Waals surface area contributed by atoms with Gasteiger partial charge in [-0.1, -0.05) is 0 Å². The molecule has 1 heterocycles. The molecule has 6 nitrogen and oxygen atoms in total. The molecule has 2 rings (SSSR count). The summed E-state index contributed by atoms with van der Waals surface area (Å²) in [6.45, 7) is 4.06. The van der Waals surface area contributed by atoms with Crippen molar-refractivity contribution in [2.24, 2.45) is 0 Å². The van der Waals surface area contributed by atoms with Crippen LogP contribution >= 0.6 is 0 Å². The Labute approximate surface area is 109 Å². The Morgan fingerprint density at radius 2 is 2.16 bits per heavy atom. The molecule has 2 N–H and O–H groups in total. The Balaban J connectivity index is 2.72. The number of fused-ring (bicyclic) bond motifs is 1. The van der Waals surface area contributed by atoms with Gasteiger partial charge in [-0.2, -0.15) is 0 Å². The van der Waals surface area contributed by atoms with Gasteiger partial charge in [0.05, 0.1) is 28.7 Å². The number of carboxylic acid groups (broad SMARTS) is 1. The van der Waals surface area contributed by atoms with Gasteiger partial charge >= 0.3 is 11.7 Å². The molecule has 0 atom stereocenters. The molecule has 102 valence electrons. The number of aromatic amines is 1. The minimum absolute atomic E-state index is 0.147. The highest BCUT2D eigenvalue weighted by molar-refractivity contribution is 5.92. The molecule has 0 amide bonds. The standard InChI is InChI=1S/C13H16N2O4/c1-13(2,7-19-3)15-10-6-8(11(16)17)4-5-9(10)14-12(15)18/h4-6H,7H2,1-3H3,(H,14,18)(H,16,17). The van der Waals surface area contributed by atoms with Gasteiger partial charge in [0.1, 0.15) is 0 Å². The quantitative estimate of drug-likeness (QED) is 0.874. The number of H-pyrrole nitrogens is 1. The van der Waals surface area contributed by atoms with E-state index in [9.17, 15) is 9.59 Å². The first kappa shape index (κ1) is 13.4. The number of rotatable bonds is 4. The third-order valence-corrected chi connectivity index (χ3v) is 3.03. The van der Waals surface area contributed by atoms with E-state index in [0.717, 1.165) is 0 Å². The number of methoxy groups -OCH3 is 1. The molecule has 2 aromatic rings. The summed E-state index contributed by atoms with van der Waals surface area (Å²) < 4.78 is 6.65. The van der Waals surface area contributed by atoms with Crippen molar-refractivity contribution in [1.82, 2.24) is 9.55 Å². The molecule has 0 aliphatic heterocycles. The molecular formula is C13H16N2O4. The predicted octanol–water partition coefficient (Wildman–Crippen LogP) is 1.41. The highest BCUT2D eigenvalue weighted by Crippen LogP contribution is 2.21. The van der Waals surface area contributed by atoms with Crippen molar-refractivity contribution < 1.29 is 14.6 Å². The number of benzene rings is 1. The largest absolute Gasteiger partial charge is 0.478 e. The molecule has 0 aliphatic rings. The first-order chi connectivity index (χ1) is 8.86. The van der Waals surface area contributed by atoms with E-state index < -0.39 is 11.5 Å². The maximum Gasteiger partial charge on any atom is 0.335 e. The Morgan fingerprint density at radius 1 is 1.47 bits per heavy atom. The first-order valence-corrected chi connectivity index (χ1v) is 5.84. The summed E-state index contributed by atoms with van der Waals surface area (Å²) in [5.41, 5.74) is 0.473. The van der Waals surface area contributed by atoms with E-state index in [1.54, 1.807) is 13.2 Å². The van der Waals surface area contributed by atoms with Gasteiger partial charge in [-0.05, 0) is 32.0 Å². The molecule has 19 heavy (non-hydrogen) atoms. The van der Waals surface area contributed by atoms with Gasteiger partial charge in [-0.15, -0.1) is 0 Å². The molecule has 6 heteroatoms. The van der Waals surface area contributed by atoms with E-state index >= 15 is 0 Å². The summed E-state index contributed by atoms with van der Waals surface area (Å²) in [7, 11) is 1.56. The summed E-state index contributed by atoms with van der Waals surface area (Å²) in [6, 6.07) is 4.56. The van der Waals surface area contributed by atoms with Crippen LogP contribution in [0.4, 0.5) is 0 Å². The van der Waals surface area contributed by atoms with Crippen LogP contribution in [0.25, 0.3) is 11.0 Å². The maximum absolute atomic E-state index is 12.0. The summed E-state index contributed by atoms with van der Waals surface area (Å²) in [4.78, 5) is 25.8. The minimum atomic E-state index is -1.02. The van der Waals surface area contributed by atoms with E-state index in [0.29, 0.717) is 17.6 Å². The second kappa shape index (κ2) is 4.55. The van der Waals surface area contributed by atoms with Crippen molar-refractivity contribution in [1.29, 1.82) is 0 Å². The van der Waals surface area contributed by atoms with Crippen molar-refractivity contribution in [2.75, 3.05) is 13.7 Å². The Hall–Kier alpha value is -2.08. The summed E-state index contributed by atoms with van der Waals surface area (Å²) in [5.74, 6) is -1.02. The van der Waals surface area contributed by atoms with E-state index in [1.807, 2.05) is 13.8 Å². The van der Waals surface area contributed by atoms with Crippen LogP contribution in [0.2, 0.25) is 0 Å². The molecule has 0 bridgehead atoms. The van der Waals surface area contributed by atoms with Crippen LogP contribution in [0, 0.1) is 0 Å². The maximum atomic E-state index is 12.0. The second-order valence-electron chi connectivity index (χ2n) is 5.05. The molecular weight excluding hydrogens is 248 g/mol. The number of hydrogen-bond acceptors (Lipinski definition) is 3. The number of aromatic nitrogens is 2. The van der Waals surface area contributed by atoms with Gasteiger partial charge in [0.2, 0.25) is 0 Å². The Bertz CT molecular complexity index is 681. The SMILES string of the molecule is COCC(C)(C)n1c(=O)[nH]c2ccc(C(=O)O)cc21. The van der Waals surface area contributed by atoms with E-state index in [2.05, 4.69) is 4.98 Å². The predicted molar refractivity (Wildman–Crippen MR) is 70.7 cm³/mol. The van der Waals surface area contributed by atoms with Crippen LogP contribution in [0.1, 0.15) is 24.2 Å². The molecule has 0 fully saturated rings. The van der Waals surface area contributed by atoms with Gasteiger partial charge in [-0.3, -0.25) is 4.57 Å². The second-order valence-corrected chi connectivity index (χ2v) is 5.05. The molecule has 0 saturated carbocycles. The summed E-state index contributed by atoms with van der Waals surface area (Å²) in [5, 5.41) is 9.03. The lowest BCUT2D eigenvalue weighted by Gasteiger charge is -2.25. The average molecular weight is 264 g/mol. The number of nitrogens with zero attached hydrogens (tertiary/aromatic N) is 1. The fourth-order valence-corrected chi connectivity index (χ4v) is 2.25. The third kappa shape index (κ3) is 2.26. The average Bonchev–Trinajstić information content (AvgIpc) is 2.63. The zero-order valence-electron chi connectivity index (χ0n) is 11.1. The summed E-state index contributed by atoms with van der Waals surface area (Å²) in [6.07, 6.45) is 0. The third-order valence-electron chi connectivity index (χ3n) is 3.03. The van der Waals surface area contributed by atoms with Gasteiger partial charge in [0.15, 0.2) is 0 Å². The van der Waals surface area contributed by atoms with Crippen LogP contribution in [-0.2, 0) is 10.3 Å². The van der Waals surface area contributed by atoms with E-state index in [1.165, 1.54) is 16.7 Å². The number of imidazole rings is 1. The fraction of sp³-hybridized carbons (Fsp3) is 0.385. The van der Waals surface area contributed by atoms with Crippen LogP contribution < -0.4 is 5.69 Å². The van der Waals surface area contributed by atoms with Crippen molar-refractivity contribution in [3.63, 3.8) is 0 Å². The number of nitrogens with one attached hydrogen (secondary N) is 1. The number of carbonyl (C=O) groups is 1. The molecule has 0 aliphatic carbocycles. The molecule has 0 spiro atoms. The Kier molecular flexibility index (Phi) is 3.20. The van der Waals surface area contributed by atoms with Crippen molar-refractivity contribution >= 4 is 17.0 Å². The van der Waals surface area contributed by atoms with E-state index in [4.69, 9.17) is 9.84 Å². The highest BCUT2D eigenvalue weighted by atomic mass is 16.5. The summed E-state index contributed by atoms with van der Waals surface area (Å²) >= 11 is 0. The lowest BCUT2D eigenvalue weighted by Crippen LogP contribution is -2.38. The van der Waals surface area contributed by atoms with Crippen LogP contribution in [-0.4, -0.2) is 34.3 Å². The topological polar surface area (TPSA) is 84.3 Å². The monoisotopic (exact) mass is 264 g/mol. The van der Waals surface area contributed by atoms with Gasteiger partial charge in [0, 0.05) is 7.11 Å². The van der Waals surface area contributed by atoms with E-state index in [-0.39, 0.29) is 11.3 Å². The zero-order valence-corrected chi connectivity index (χ0v) is 11.1. The molecule has 1 aromatic carbocycles. The van der Waals surface area contributed by atoms with Crippen LogP contribution in [0.3, 0.4) is 0 Å². The van der Waals surface area contributed by atoms with Crippen molar-refractivity contribution in [3.8, 4) is 0 Å². The molecule has 0 saturated heterocycles. The fourth-order valence-electron chi connectivity index (χ4n) is 2.25. The number of carboxylic acids is 1. The normalized spacial score (nSPS) is 11.9. The highest BCUT2D eigenvalue weighted by Gasteiger charge is 2.25. The molecule has 1 aromatic heterocycles. The van der Waals surface area contributed by atoms with Gasteiger partial charge in [0.25, 0.3) is 0 Å². The number of aromatic carboxylic acids is 1.